The minimum Gasteiger partial charge on any atom is -0.453 e. The third kappa shape index (κ3) is 1.85. The zero-order chi connectivity index (χ0) is 11.7. The molecule has 0 bridgehead atoms. The Hall–Kier alpha value is -1.28. The van der Waals surface area contributed by atoms with Gasteiger partial charge < -0.3 is 4.74 Å². The van der Waals surface area contributed by atoms with Gasteiger partial charge in [-0.2, -0.15) is 0 Å². The molecule has 16 heavy (non-hydrogen) atoms. The summed E-state index contributed by atoms with van der Waals surface area (Å²) in [5.41, 5.74) is 1.46. The molecule has 0 radical (unpaired) electrons. The van der Waals surface area contributed by atoms with Crippen LogP contribution in [0.25, 0.3) is 5.03 Å². The molecule has 1 heterocycles. The Morgan fingerprint density at radius 1 is 1.31 bits per heavy atom. The number of ether oxygens (including phenoxy) is 1. The minimum absolute atomic E-state index is 0.166. The summed E-state index contributed by atoms with van der Waals surface area (Å²) in [5.74, 6) is -0.0438. The maximum atomic E-state index is 11.4. The number of hydrogen-bond acceptors (Lipinski definition) is 2. The normalized spacial score (nSPS) is 22.8. The van der Waals surface area contributed by atoms with Gasteiger partial charge in [0.2, 0.25) is 0 Å². The first-order valence-corrected chi connectivity index (χ1v) is 5.65. The van der Waals surface area contributed by atoms with E-state index in [1.165, 1.54) is 0 Å². The molecule has 0 aliphatic carbocycles. The summed E-state index contributed by atoms with van der Waals surface area (Å²) >= 11 is 6.22. The number of carbonyl (C=O) groups excluding carboxylic acids is 1. The topological polar surface area (TPSA) is 26.3 Å². The van der Waals surface area contributed by atoms with Gasteiger partial charge in [-0.1, -0.05) is 55.8 Å². The molecule has 1 aliphatic heterocycles. The number of rotatable bonds is 2. The van der Waals surface area contributed by atoms with E-state index in [2.05, 4.69) is 0 Å². The molecule has 0 aromatic heterocycles. The highest BCUT2D eigenvalue weighted by Crippen LogP contribution is 2.36. The third-order valence-electron chi connectivity index (χ3n) is 2.61. The largest absolute Gasteiger partial charge is 0.453 e. The van der Waals surface area contributed by atoms with Crippen LogP contribution in [-0.4, -0.2) is 12.1 Å². The van der Waals surface area contributed by atoms with Crippen molar-refractivity contribution in [2.75, 3.05) is 0 Å². The van der Waals surface area contributed by atoms with Crippen LogP contribution in [0.2, 0.25) is 0 Å². The quantitative estimate of drug-likeness (QED) is 0.582. The summed E-state index contributed by atoms with van der Waals surface area (Å²) < 4.78 is 5.07. The molecule has 84 valence electrons. The fourth-order valence-corrected chi connectivity index (χ4v) is 2.03. The first kappa shape index (κ1) is 11.2. The van der Waals surface area contributed by atoms with Gasteiger partial charge >= 0.3 is 5.97 Å². The smallest absolute Gasteiger partial charge is 0.339 e. The molecule has 0 spiro atoms. The maximum Gasteiger partial charge on any atom is 0.339 e. The lowest BCUT2D eigenvalue weighted by Crippen LogP contribution is -2.40. The summed E-state index contributed by atoms with van der Waals surface area (Å²) in [6.45, 7) is 4.01. The maximum absolute atomic E-state index is 11.4. The first-order valence-electron chi connectivity index (χ1n) is 5.27. The Labute approximate surface area is 99.9 Å². The zero-order valence-electron chi connectivity index (χ0n) is 9.24. The van der Waals surface area contributed by atoms with Crippen molar-refractivity contribution in [3.8, 4) is 0 Å². The van der Waals surface area contributed by atoms with Crippen LogP contribution in [0.4, 0.5) is 0 Å². The summed E-state index contributed by atoms with van der Waals surface area (Å²) in [6, 6.07) is 9.48. The highest BCUT2D eigenvalue weighted by atomic mass is 35.5. The van der Waals surface area contributed by atoms with Crippen molar-refractivity contribution in [2.24, 2.45) is 5.92 Å². The average molecular weight is 237 g/mol. The molecule has 1 fully saturated rings. The van der Waals surface area contributed by atoms with Crippen molar-refractivity contribution in [1.29, 1.82) is 0 Å². The number of cyclic esters (lactones) is 1. The van der Waals surface area contributed by atoms with Gasteiger partial charge in [0.1, 0.15) is 6.10 Å². The highest BCUT2D eigenvalue weighted by molar-refractivity contribution is 6.51. The van der Waals surface area contributed by atoms with E-state index in [-0.39, 0.29) is 18.0 Å². The lowest BCUT2D eigenvalue weighted by Gasteiger charge is -2.32. The average Bonchev–Trinajstić information content (AvgIpc) is 2.26. The Balaban J connectivity index is 2.37. The molecule has 2 nitrogen and oxygen atoms in total. The van der Waals surface area contributed by atoms with E-state index in [1.54, 1.807) is 0 Å². The van der Waals surface area contributed by atoms with Gasteiger partial charge in [-0.25, -0.2) is 4.79 Å². The lowest BCUT2D eigenvalue weighted by atomic mass is 9.92. The third-order valence-corrected chi connectivity index (χ3v) is 3.03. The molecule has 1 atom stereocenters. The van der Waals surface area contributed by atoms with Gasteiger partial charge in [0, 0.05) is 0 Å². The fourth-order valence-electron chi connectivity index (χ4n) is 1.72. The second-order valence-corrected chi connectivity index (χ2v) is 4.54. The van der Waals surface area contributed by atoms with E-state index in [0.29, 0.717) is 10.6 Å². The molecule has 0 amide bonds. The van der Waals surface area contributed by atoms with Crippen molar-refractivity contribution in [2.45, 2.75) is 20.0 Å². The SMILES string of the molecule is CC(C)C1OC(=O)/C1=C(\Cl)c1ccccc1. The Bertz CT molecular complexity index is 435. The fraction of sp³-hybridized carbons (Fsp3) is 0.308. The molecule has 3 heteroatoms. The Morgan fingerprint density at radius 3 is 2.44 bits per heavy atom. The first-order chi connectivity index (χ1) is 7.61. The lowest BCUT2D eigenvalue weighted by molar-refractivity contribution is -0.158. The van der Waals surface area contributed by atoms with Crippen molar-refractivity contribution in [3.05, 3.63) is 41.5 Å². The van der Waals surface area contributed by atoms with Crippen molar-refractivity contribution in [3.63, 3.8) is 0 Å². The molecular formula is C13H13ClO2. The molecule has 1 unspecified atom stereocenters. The van der Waals surface area contributed by atoms with Gasteiger partial charge in [0.15, 0.2) is 0 Å². The number of halogens is 1. The second kappa shape index (κ2) is 4.30. The van der Waals surface area contributed by atoms with E-state index < -0.39 is 0 Å². The standard InChI is InChI=1S/C13H13ClO2/c1-8(2)12-10(13(15)16-12)11(14)9-6-4-3-5-7-9/h3-8,12H,1-2H3/b11-10-. The van der Waals surface area contributed by atoms with Crippen LogP contribution in [-0.2, 0) is 9.53 Å². The Morgan fingerprint density at radius 2 is 1.94 bits per heavy atom. The molecule has 1 aromatic rings. The molecule has 0 saturated carbocycles. The van der Waals surface area contributed by atoms with Crippen molar-refractivity contribution >= 4 is 22.6 Å². The summed E-state index contributed by atoms with van der Waals surface area (Å²) in [7, 11) is 0. The van der Waals surface area contributed by atoms with Crippen LogP contribution in [0.15, 0.2) is 35.9 Å². The van der Waals surface area contributed by atoms with Gasteiger partial charge in [-0.3, -0.25) is 0 Å². The second-order valence-electron chi connectivity index (χ2n) is 4.16. The number of carbonyl (C=O) groups is 1. The monoisotopic (exact) mass is 236 g/mol. The van der Waals surface area contributed by atoms with Crippen LogP contribution >= 0.6 is 11.6 Å². The number of esters is 1. The van der Waals surface area contributed by atoms with E-state index in [0.717, 1.165) is 5.56 Å². The van der Waals surface area contributed by atoms with Crippen LogP contribution < -0.4 is 0 Å². The highest BCUT2D eigenvalue weighted by Gasteiger charge is 2.40. The number of hydrogen-bond donors (Lipinski definition) is 0. The molecular weight excluding hydrogens is 224 g/mol. The molecule has 0 N–H and O–H groups in total. The predicted molar refractivity (Wildman–Crippen MR) is 63.9 cm³/mol. The van der Waals surface area contributed by atoms with Gasteiger partial charge in [-0.15, -0.1) is 0 Å². The van der Waals surface area contributed by atoms with E-state index in [9.17, 15) is 4.79 Å². The van der Waals surface area contributed by atoms with E-state index in [4.69, 9.17) is 16.3 Å². The van der Waals surface area contributed by atoms with Crippen molar-refractivity contribution < 1.29 is 9.53 Å². The molecule has 1 aliphatic rings. The van der Waals surface area contributed by atoms with Crippen LogP contribution in [0.3, 0.4) is 0 Å². The van der Waals surface area contributed by atoms with Crippen molar-refractivity contribution in [1.82, 2.24) is 0 Å². The molecule has 2 rings (SSSR count). The zero-order valence-corrected chi connectivity index (χ0v) is 9.99. The molecule has 1 aromatic carbocycles. The summed E-state index contributed by atoms with van der Waals surface area (Å²) in [6.07, 6.45) is -0.166. The molecule has 1 saturated heterocycles. The number of benzene rings is 1. The van der Waals surface area contributed by atoms with Crippen LogP contribution in [0.1, 0.15) is 19.4 Å². The van der Waals surface area contributed by atoms with Gasteiger partial charge in [0.25, 0.3) is 0 Å². The Kier molecular flexibility index (Phi) is 3.01. The van der Waals surface area contributed by atoms with Gasteiger partial charge in [0.05, 0.1) is 10.6 Å². The van der Waals surface area contributed by atoms with E-state index >= 15 is 0 Å². The van der Waals surface area contributed by atoms with E-state index in [1.807, 2.05) is 44.2 Å². The van der Waals surface area contributed by atoms with Crippen LogP contribution in [0, 0.1) is 5.92 Å². The predicted octanol–water partition coefficient (Wildman–Crippen LogP) is 3.22. The summed E-state index contributed by atoms with van der Waals surface area (Å²) in [4.78, 5) is 11.4. The minimum atomic E-state index is -0.299. The summed E-state index contributed by atoms with van der Waals surface area (Å²) in [5, 5.41) is 0.510. The van der Waals surface area contributed by atoms with Crippen LogP contribution in [0.5, 0.6) is 0 Å². The van der Waals surface area contributed by atoms with Gasteiger partial charge in [-0.05, 0) is 11.5 Å².